The Kier molecular flexibility index (Phi) is 4.13. The van der Waals surface area contributed by atoms with E-state index in [9.17, 15) is 18.4 Å². The summed E-state index contributed by atoms with van der Waals surface area (Å²) in [5.41, 5.74) is -1.26. The van der Waals surface area contributed by atoms with Crippen molar-refractivity contribution in [2.75, 3.05) is 5.32 Å². The third-order valence-electron chi connectivity index (χ3n) is 2.54. The number of hydrogen-bond donors (Lipinski definition) is 2. The standard InChI is InChI=1S/C13H7ClF2N2O3/c14-11-6(2-1-3-17-11)12(19)18-10-4-7(13(20)21)8(15)5-9(10)16/h1-5H,(H,18,19)(H,20,21). The SMILES string of the molecule is O=C(O)c1cc(NC(=O)c2cccnc2Cl)c(F)cc1F. The Morgan fingerprint density at radius 2 is 1.90 bits per heavy atom. The average molecular weight is 313 g/mol. The van der Waals surface area contributed by atoms with Gasteiger partial charge in [-0.3, -0.25) is 4.79 Å². The zero-order valence-corrected chi connectivity index (χ0v) is 11.0. The van der Waals surface area contributed by atoms with Crippen LogP contribution in [0.5, 0.6) is 0 Å². The summed E-state index contributed by atoms with van der Waals surface area (Å²) in [5, 5.41) is 10.8. The lowest BCUT2D eigenvalue weighted by Gasteiger charge is -2.08. The number of nitrogens with one attached hydrogen (secondary N) is 1. The number of amides is 1. The summed E-state index contributed by atoms with van der Waals surface area (Å²) >= 11 is 5.71. The first-order valence-electron chi connectivity index (χ1n) is 5.54. The van der Waals surface area contributed by atoms with Gasteiger partial charge in [-0.15, -0.1) is 0 Å². The second-order valence-corrected chi connectivity index (χ2v) is 4.27. The monoisotopic (exact) mass is 312 g/mol. The van der Waals surface area contributed by atoms with E-state index in [4.69, 9.17) is 16.7 Å². The average Bonchev–Trinajstić information content (AvgIpc) is 2.41. The van der Waals surface area contributed by atoms with Crippen molar-refractivity contribution in [2.45, 2.75) is 0 Å². The Labute approximate surface area is 122 Å². The Morgan fingerprint density at radius 1 is 1.19 bits per heavy atom. The number of nitrogens with zero attached hydrogens (tertiary/aromatic N) is 1. The van der Waals surface area contributed by atoms with Crippen LogP contribution >= 0.6 is 11.6 Å². The first kappa shape index (κ1) is 14.9. The van der Waals surface area contributed by atoms with Crippen molar-refractivity contribution in [3.05, 3.63) is 58.4 Å². The molecule has 0 bridgehead atoms. The molecule has 1 aromatic carbocycles. The van der Waals surface area contributed by atoms with Crippen LogP contribution in [0.15, 0.2) is 30.5 Å². The highest BCUT2D eigenvalue weighted by Gasteiger charge is 2.18. The van der Waals surface area contributed by atoms with Gasteiger partial charge in [-0.05, 0) is 18.2 Å². The summed E-state index contributed by atoms with van der Waals surface area (Å²) in [7, 11) is 0. The molecule has 2 N–H and O–H groups in total. The minimum Gasteiger partial charge on any atom is -0.478 e. The maximum atomic E-state index is 13.6. The topological polar surface area (TPSA) is 79.3 Å². The van der Waals surface area contributed by atoms with Crippen LogP contribution in [0, 0.1) is 11.6 Å². The summed E-state index contributed by atoms with van der Waals surface area (Å²) in [6.45, 7) is 0. The second kappa shape index (κ2) is 5.84. The van der Waals surface area contributed by atoms with Crippen molar-refractivity contribution in [3.8, 4) is 0 Å². The molecule has 0 aliphatic rings. The molecule has 0 saturated carbocycles. The molecule has 0 radical (unpaired) electrons. The molecule has 1 amide bonds. The van der Waals surface area contributed by atoms with E-state index in [1.54, 1.807) is 0 Å². The number of rotatable bonds is 3. The van der Waals surface area contributed by atoms with Gasteiger partial charge in [0.2, 0.25) is 0 Å². The van der Waals surface area contributed by atoms with E-state index in [1.807, 2.05) is 0 Å². The molecule has 0 saturated heterocycles. The molecule has 8 heteroatoms. The van der Waals surface area contributed by atoms with Crippen LogP contribution in [0.3, 0.4) is 0 Å². The van der Waals surface area contributed by atoms with Gasteiger partial charge in [0, 0.05) is 12.3 Å². The van der Waals surface area contributed by atoms with Crippen molar-refractivity contribution in [1.29, 1.82) is 0 Å². The van der Waals surface area contributed by atoms with Gasteiger partial charge in [-0.1, -0.05) is 11.6 Å². The van der Waals surface area contributed by atoms with Gasteiger partial charge >= 0.3 is 5.97 Å². The predicted octanol–water partition coefficient (Wildman–Crippen LogP) is 2.96. The Bertz CT molecular complexity index is 737. The number of carboxylic acids is 1. The molecule has 0 atom stereocenters. The molecule has 0 aliphatic heterocycles. The minimum absolute atomic E-state index is 0.0280. The number of halogens is 3. The van der Waals surface area contributed by atoms with E-state index in [0.717, 1.165) is 0 Å². The van der Waals surface area contributed by atoms with Crippen LogP contribution in [-0.4, -0.2) is 22.0 Å². The molecule has 2 aromatic rings. The molecule has 1 aromatic heterocycles. The van der Waals surface area contributed by atoms with Gasteiger partial charge in [0.25, 0.3) is 5.91 Å². The zero-order valence-electron chi connectivity index (χ0n) is 10.2. The lowest BCUT2D eigenvalue weighted by molar-refractivity contribution is 0.0691. The van der Waals surface area contributed by atoms with Crippen LogP contribution < -0.4 is 5.32 Å². The van der Waals surface area contributed by atoms with Crippen molar-refractivity contribution in [3.63, 3.8) is 0 Å². The molecular formula is C13H7ClF2N2O3. The summed E-state index contributed by atoms with van der Waals surface area (Å²) in [5.74, 6) is -4.72. The first-order chi connectivity index (χ1) is 9.90. The van der Waals surface area contributed by atoms with E-state index in [-0.39, 0.29) is 10.7 Å². The molecule has 108 valence electrons. The molecule has 21 heavy (non-hydrogen) atoms. The van der Waals surface area contributed by atoms with Crippen LogP contribution in [0.2, 0.25) is 5.15 Å². The Morgan fingerprint density at radius 3 is 2.52 bits per heavy atom. The number of aromatic nitrogens is 1. The third kappa shape index (κ3) is 3.14. The molecule has 1 heterocycles. The lowest BCUT2D eigenvalue weighted by Crippen LogP contribution is -2.15. The zero-order chi connectivity index (χ0) is 15.6. The molecule has 0 aliphatic carbocycles. The molecule has 0 spiro atoms. The van der Waals surface area contributed by atoms with Crippen LogP contribution in [-0.2, 0) is 0 Å². The van der Waals surface area contributed by atoms with Crippen LogP contribution in [0.1, 0.15) is 20.7 Å². The summed E-state index contributed by atoms with van der Waals surface area (Å²) in [6.07, 6.45) is 1.36. The van der Waals surface area contributed by atoms with Crippen molar-refractivity contribution in [2.24, 2.45) is 0 Å². The molecule has 5 nitrogen and oxygen atoms in total. The highest BCUT2D eigenvalue weighted by atomic mass is 35.5. The summed E-state index contributed by atoms with van der Waals surface area (Å²) in [4.78, 5) is 26.4. The highest BCUT2D eigenvalue weighted by molar-refractivity contribution is 6.33. The number of carbonyl (C=O) groups is 2. The van der Waals surface area contributed by atoms with Gasteiger partial charge in [0.1, 0.15) is 16.8 Å². The number of aromatic carboxylic acids is 1. The van der Waals surface area contributed by atoms with E-state index in [0.29, 0.717) is 12.1 Å². The number of pyridine rings is 1. The minimum atomic E-state index is -1.58. The van der Waals surface area contributed by atoms with Gasteiger partial charge in [0.05, 0.1) is 16.8 Å². The second-order valence-electron chi connectivity index (χ2n) is 3.91. The molecule has 0 unspecified atom stereocenters. The van der Waals surface area contributed by atoms with Crippen LogP contribution in [0.25, 0.3) is 0 Å². The first-order valence-corrected chi connectivity index (χ1v) is 5.92. The number of hydrogen-bond acceptors (Lipinski definition) is 3. The highest BCUT2D eigenvalue weighted by Crippen LogP contribution is 2.21. The van der Waals surface area contributed by atoms with E-state index < -0.39 is 34.8 Å². The number of anilines is 1. The molecule has 0 fully saturated rings. The Balaban J connectivity index is 2.36. The normalized spacial score (nSPS) is 10.2. The fourth-order valence-electron chi connectivity index (χ4n) is 1.55. The van der Waals surface area contributed by atoms with Crippen LogP contribution in [0.4, 0.5) is 14.5 Å². The fraction of sp³-hybridized carbons (Fsp3) is 0. The van der Waals surface area contributed by atoms with Gasteiger partial charge < -0.3 is 10.4 Å². The number of carbonyl (C=O) groups excluding carboxylic acids is 1. The van der Waals surface area contributed by atoms with Crippen molar-refractivity contribution < 1.29 is 23.5 Å². The van der Waals surface area contributed by atoms with E-state index >= 15 is 0 Å². The molecular weight excluding hydrogens is 306 g/mol. The predicted molar refractivity (Wildman–Crippen MR) is 70.5 cm³/mol. The van der Waals surface area contributed by atoms with Gasteiger partial charge in [0.15, 0.2) is 0 Å². The van der Waals surface area contributed by atoms with Gasteiger partial charge in [-0.25, -0.2) is 18.6 Å². The van der Waals surface area contributed by atoms with Crippen molar-refractivity contribution >= 4 is 29.2 Å². The maximum absolute atomic E-state index is 13.6. The summed E-state index contributed by atoms with van der Waals surface area (Å²) < 4.78 is 26.8. The van der Waals surface area contributed by atoms with Gasteiger partial charge in [-0.2, -0.15) is 0 Å². The Hall–Kier alpha value is -2.54. The fourth-order valence-corrected chi connectivity index (χ4v) is 1.76. The summed E-state index contributed by atoms with van der Waals surface area (Å²) in [6, 6.07) is 3.87. The smallest absolute Gasteiger partial charge is 0.338 e. The van der Waals surface area contributed by atoms with E-state index in [1.165, 1.54) is 18.3 Å². The quantitative estimate of drug-likeness (QED) is 0.854. The molecule has 2 rings (SSSR count). The number of carboxylic acid groups (broad SMARTS) is 1. The largest absolute Gasteiger partial charge is 0.478 e. The van der Waals surface area contributed by atoms with Crippen molar-refractivity contribution in [1.82, 2.24) is 4.98 Å². The third-order valence-corrected chi connectivity index (χ3v) is 2.84. The number of benzene rings is 1. The van der Waals surface area contributed by atoms with E-state index in [2.05, 4.69) is 10.3 Å². The maximum Gasteiger partial charge on any atom is 0.338 e. The lowest BCUT2D eigenvalue weighted by atomic mass is 10.1.